The molecule has 0 unspecified atom stereocenters. The molecule has 0 radical (unpaired) electrons. The van der Waals surface area contributed by atoms with Crippen molar-refractivity contribution in [2.24, 2.45) is 0 Å². The molecule has 2 aromatic heterocycles. The first kappa shape index (κ1) is 65.0. The summed E-state index contributed by atoms with van der Waals surface area (Å²) in [5.74, 6) is 0. The molecule has 21 aromatic rings. The molecule has 0 saturated heterocycles. The van der Waals surface area contributed by atoms with Gasteiger partial charge in [0.1, 0.15) is 22.3 Å². The lowest BCUT2D eigenvalue weighted by Gasteiger charge is -2.26. The van der Waals surface area contributed by atoms with Crippen LogP contribution in [0.15, 0.2) is 433 Å². The molecule has 0 atom stereocenters. The molecule has 21 rings (SSSR count). The highest BCUT2D eigenvalue weighted by molar-refractivity contribution is 6.12. The lowest BCUT2D eigenvalue weighted by molar-refractivity contribution is 0.668. The molecule has 19 aromatic carbocycles. The van der Waals surface area contributed by atoms with Gasteiger partial charge in [-0.2, -0.15) is 0 Å². The van der Waals surface area contributed by atoms with Crippen molar-refractivity contribution in [2.45, 2.75) is 0 Å². The molecule has 0 spiro atoms. The molecule has 2 heterocycles. The average Bonchev–Trinajstić information content (AvgIpc) is 1.39. The lowest BCUT2D eigenvalue weighted by Crippen LogP contribution is -2.09. The van der Waals surface area contributed by atoms with Crippen molar-refractivity contribution in [3.63, 3.8) is 0 Å². The van der Waals surface area contributed by atoms with Crippen LogP contribution >= 0.6 is 0 Å². The maximum absolute atomic E-state index is 6.29. The Balaban J connectivity index is 0.000000145. The van der Waals surface area contributed by atoms with Gasteiger partial charge in [0.15, 0.2) is 0 Å². The number of rotatable bonds is 13. The molecule has 0 amide bonds. The van der Waals surface area contributed by atoms with Crippen LogP contribution in [0.4, 0.5) is 34.1 Å². The van der Waals surface area contributed by atoms with Crippen molar-refractivity contribution in [1.82, 2.24) is 0 Å². The molecule has 110 heavy (non-hydrogen) atoms. The fraction of sp³-hybridized carbons (Fsp3) is 0. The van der Waals surface area contributed by atoms with Crippen molar-refractivity contribution in [3.05, 3.63) is 425 Å². The van der Waals surface area contributed by atoms with Crippen molar-refractivity contribution in [3.8, 4) is 77.9 Å². The van der Waals surface area contributed by atoms with Gasteiger partial charge < -0.3 is 18.6 Å². The third-order valence-electron chi connectivity index (χ3n) is 21.7. The van der Waals surface area contributed by atoms with E-state index in [1.165, 1.54) is 98.7 Å². The van der Waals surface area contributed by atoms with Crippen LogP contribution in [0.1, 0.15) is 0 Å². The SMILES string of the molecule is c1ccc(-c2ccc(-c3ccc(N(c4ccc(-c5ccc6oc7ccc(-c8ccccc8)cc7c6c5)cc4)c4ccc5c(ccc6ccccc65)c4)cc3)cc2)cc1.c1ccc(-c2ccc(N(c3ccc(-c4ccc5oc6ccc(-c7ccccc7)cc6c5c4)cc3)c3ccc4c(ccc5ccccc54)c3)cc2)cc1. The summed E-state index contributed by atoms with van der Waals surface area (Å²) in [6, 6.07) is 152. The maximum Gasteiger partial charge on any atom is 0.135 e. The van der Waals surface area contributed by atoms with Gasteiger partial charge in [0.25, 0.3) is 0 Å². The van der Waals surface area contributed by atoms with Gasteiger partial charge in [-0.05, 0) is 242 Å². The number of hydrogen-bond donors (Lipinski definition) is 0. The zero-order valence-corrected chi connectivity index (χ0v) is 60.1. The van der Waals surface area contributed by atoms with Crippen LogP contribution in [0.25, 0.3) is 165 Å². The minimum Gasteiger partial charge on any atom is -0.456 e. The summed E-state index contributed by atoms with van der Waals surface area (Å²) in [6.07, 6.45) is 0. The van der Waals surface area contributed by atoms with Gasteiger partial charge in [0.05, 0.1) is 0 Å². The molecule has 0 aliphatic heterocycles. The largest absolute Gasteiger partial charge is 0.456 e. The number of fused-ring (bicyclic) bond motifs is 12. The number of furan rings is 2. The van der Waals surface area contributed by atoms with Gasteiger partial charge in [0.2, 0.25) is 0 Å². The van der Waals surface area contributed by atoms with E-state index in [4.69, 9.17) is 8.83 Å². The Hall–Kier alpha value is -14.6. The van der Waals surface area contributed by atoms with Crippen molar-refractivity contribution < 1.29 is 8.83 Å². The Morgan fingerprint density at radius 3 is 0.636 bits per heavy atom. The molecule has 0 saturated carbocycles. The van der Waals surface area contributed by atoms with E-state index in [0.717, 1.165) is 100 Å². The quantitative estimate of drug-likeness (QED) is 0.108. The Bertz CT molecular complexity index is 6950. The average molecular weight is 1400 g/mol. The minimum atomic E-state index is 0.895. The molecule has 0 N–H and O–H groups in total. The molecule has 4 heteroatoms. The lowest BCUT2D eigenvalue weighted by atomic mass is 9.99. The molecular formula is C106H70N2O2. The monoisotopic (exact) mass is 1400 g/mol. The normalized spacial score (nSPS) is 11.5. The Kier molecular flexibility index (Phi) is 16.6. The summed E-state index contributed by atoms with van der Waals surface area (Å²) in [7, 11) is 0. The maximum atomic E-state index is 6.29. The van der Waals surface area contributed by atoms with Crippen LogP contribution in [0.2, 0.25) is 0 Å². The van der Waals surface area contributed by atoms with Crippen LogP contribution in [0.3, 0.4) is 0 Å². The highest BCUT2D eigenvalue weighted by Gasteiger charge is 2.20. The van der Waals surface area contributed by atoms with E-state index in [1.54, 1.807) is 0 Å². The van der Waals surface area contributed by atoms with E-state index in [9.17, 15) is 0 Å². The van der Waals surface area contributed by atoms with Gasteiger partial charge in [0, 0.05) is 55.7 Å². The van der Waals surface area contributed by atoms with Gasteiger partial charge >= 0.3 is 0 Å². The van der Waals surface area contributed by atoms with E-state index in [-0.39, 0.29) is 0 Å². The Labute approximate surface area is 638 Å². The van der Waals surface area contributed by atoms with Crippen LogP contribution < -0.4 is 9.80 Å². The number of anilines is 6. The fourth-order valence-electron chi connectivity index (χ4n) is 16.0. The molecule has 0 bridgehead atoms. The Morgan fingerprint density at radius 2 is 0.336 bits per heavy atom. The zero-order valence-electron chi connectivity index (χ0n) is 60.1. The first-order chi connectivity index (χ1) is 54.5. The van der Waals surface area contributed by atoms with Crippen molar-refractivity contribution >= 4 is 121 Å². The second-order valence-electron chi connectivity index (χ2n) is 28.3. The summed E-state index contributed by atoms with van der Waals surface area (Å²) in [6.45, 7) is 0. The highest BCUT2D eigenvalue weighted by Crippen LogP contribution is 2.44. The third kappa shape index (κ3) is 12.4. The van der Waals surface area contributed by atoms with E-state index in [0.29, 0.717) is 0 Å². The van der Waals surface area contributed by atoms with Gasteiger partial charge in [-0.1, -0.05) is 303 Å². The molecule has 4 nitrogen and oxygen atoms in total. The molecule has 0 aliphatic rings. The highest BCUT2D eigenvalue weighted by atomic mass is 16.3. The smallest absolute Gasteiger partial charge is 0.135 e. The predicted molar refractivity (Wildman–Crippen MR) is 465 cm³/mol. The second kappa shape index (κ2) is 28.0. The topological polar surface area (TPSA) is 32.8 Å². The van der Waals surface area contributed by atoms with E-state index < -0.39 is 0 Å². The fourth-order valence-corrected chi connectivity index (χ4v) is 16.0. The van der Waals surface area contributed by atoms with E-state index in [2.05, 4.69) is 434 Å². The van der Waals surface area contributed by atoms with Gasteiger partial charge in [-0.15, -0.1) is 0 Å². The minimum absolute atomic E-state index is 0.895. The second-order valence-corrected chi connectivity index (χ2v) is 28.3. The third-order valence-corrected chi connectivity index (χ3v) is 21.7. The van der Waals surface area contributed by atoms with Crippen molar-refractivity contribution in [2.75, 3.05) is 9.80 Å². The van der Waals surface area contributed by atoms with E-state index in [1.807, 2.05) is 0 Å². The summed E-state index contributed by atoms with van der Waals surface area (Å²) in [5.41, 5.74) is 26.8. The van der Waals surface area contributed by atoms with Crippen molar-refractivity contribution in [1.29, 1.82) is 0 Å². The zero-order chi connectivity index (χ0) is 72.9. The first-order valence-electron chi connectivity index (χ1n) is 37.6. The van der Waals surface area contributed by atoms with Crippen LogP contribution in [0, 0.1) is 0 Å². The Morgan fingerprint density at radius 1 is 0.127 bits per heavy atom. The summed E-state index contributed by atoms with van der Waals surface area (Å²) in [4.78, 5) is 4.71. The van der Waals surface area contributed by atoms with Crippen LogP contribution in [-0.4, -0.2) is 0 Å². The standard InChI is InChI=1S/C56H37NO.C50H33NO/c1-3-9-38(10-4-1)40-15-17-41(18-16-40)42-21-27-48(28-22-42)57(50-31-32-52-47(35-50)20-19-44-13-7-8-14-51(44)52)49-29-23-43(24-30-49)46-26-34-56-54(37-46)53-36-45(25-33-55(53)58-56)39-11-5-2-6-12-39;1-3-9-34(10-4-1)36-17-23-42(24-18-36)51(44-27-28-46-41(31-44)16-15-38-13-7-8-14-45(38)46)43-25-19-37(20-26-43)40-22-30-50-48(33-40)47-32-39(21-29-49(47)52-50)35-11-5-2-6-12-35/h1-37H;1-33H. The molecule has 0 fully saturated rings. The van der Waals surface area contributed by atoms with Gasteiger partial charge in [-0.25, -0.2) is 0 Å². The summed E-state index contributed by atoms with van der Waals surface area (Å²) >= 11 is 0. The van der Waals surface area contributed by atoms with E-state index >= 15 is 0 Å². The summed E-state index contributed by atoms with van der Waals surface area (Å²) < 4.78 is 12.6. The summed E-state index contributed by atoms with van der Waals surface area (Å²) in [5, 5.41) is 14.5. The molecular weight excluding hydrogens is 1330 g/mol. The van der Waals surface area contributed by atoms with Gasteiger partial charge in [-0.3, -0.25) is 0 Å². The first-order valence-corrected chi connectivity index (χ1v) is 37.6. The number of nitrogens with zero attached hydrogens (tertiary/aromatic N) is 2. The molecule has 516 valence electrons. The van der Waals surface area contributed by atoms with Crippen LogP contribution in [0.5, 0.6) is 0 Å². The molecule has 0 aliphatic carbocycles. The predicted octanol–water partition coefficient (Wildman–Crippen LogP) is 30.4. The number of hydrogen-bond acceptors (Lipinski definition) is 4. The van der Waals surface area contributed by atoms with Crippen LogP contribution in [-0.2, 0) is 0 Å². The number of benzene rings is 19.